The second kappa shape index (κ2) is 3.45. The molecule has 0 unspecified atom stereocenters. The lowest BCUT2D eigenvalue weighted by atomic mass is 10.1. The Bertz CT molecular complexity index is 646. The van der Waals surface area contributed by atoms with E-state index in [1.165, 1.54) is 12.4 Å². The Hall–Kier alpha value is -2.15. The summed E-state index contributed by atoms with van der Waals surface area (Å²) < 4.78 is 1.61. The third kappa shape index (κ3) is 1.45. The van der Waals surface area contributed by atoms with E-state index in [-0.39, 0.29) is 12.2 Å². The maximum atomic E-state index is 11.3. The minimum Gasteiger partial charge on any atom is -0.476 e. The molecule has 1 aromatic heterocycles. The first-order chi connectivity index (χ1) is 9.15. The Morgan fingerprint density at radius 1 is 1.47 bits per heavy atom. The standard InChI is InChI=1S/C12H12N4O3/c17-12(18)10-8-4-6-3-7(6)11(8)16(14-10)9-5-15(19)2-1-13-9/h1-2,6-7,19H,3-5H2,(H,17,18)/t6-,7-/m0/s1. The lowest BCUT2D eigenvalue weighted by Crippen LogP contribution is -2.31. The van der Waals surface area contributed by atoms with Crippen LogP contribution in [-0.4, -0.2) is 43.5 Å². The summed E-state index contributed by atoms with van der Waals surface area (Å²) >= 11 is 0. The highest BCUT2D eigenvalue weighted by molar-refractivity contribution is 5.92. The van der Waals surface area contributed by atoms with Crippen LogP contribution >= 0.6 is 0 Å². The predicted molar refractivity (Wildman–Crippen MR) is 64.2 cm³/mol. The van der Waals surface area contributed by atoms with E-state index >= 15 is 0 Å². The van der Waals surface area contributed by atoms with Gasteiger partial charge in [-0.3, -0.25) is 10.3 Å². The second-order valence-electron chi connectivity index (χ2n) is 5.18. The molecule has 0 amide bonds. The van der Waals surface area contributed by atoms with E-state index in [4.69, 9.17) is 0 Å². The average molecular weight is 260 g/mol. The van der Waals surface area contributed by atoms with Crippen LogP contribution in [0.15, 0.2) is 17.4 Å². The zero-order valence-electron chi connectivity index (χ0n) is 10.0. The van der Waals surface area contributed by atoms with Crippen LogP contribution in [0.1, 0.15) is 34.1 Å². The molecule has 0 saturated heterocycles. The zero-order chi connectivity index (χ0) is 13.1. The number of carbonyl (C=O) groups is 1. The molecule has 0 bridgehead atoms. The number of hydrogen-bond donors (Lipinski definition) is 2. The molecule has 2 aliphatic carbocycles. The lowest BCUT2D eigenvalue weighted by Gasteiger charge is -2.17. The average Bonchev–Trinajstić information content (AvgIpc) is 2.87. The highest BCUT2D eigenvalue weighted by atomic mass is 16.5. The molecule has 2 heterocycles. The number of rotatable bonds is 1. The molecule has 0 radical (unpaired) electrons. The molecular formula is C12H12N4O3. The third-order valence-electron chi connectivity index (χ3n) is 3.98. The molecule has 2 N–H and O–H groups in total. The Kier molecular flexibility index (Phi) is 1.95. The van der Waals surface area contributed by atoms with Crippen molar-refractivity contribution >= 4 is 11.8 Å². The number of nitrogens with zero attached hydrogens (tertiary/aromatic N) is 4. The minimum atomic E-state index is -0.996. The van der Waals surface area contributed by atoms with Crippen molar-refractivity contribution in [1.29, 1.82) is 0 Å². The van der Waals surface area contributed by atoms with Crippen molar-refractivity contribution in [2.24, 2.45) is 10.9 Å². The van der Waals surface area contributed by atoms with Gasteiger partial charge in [-0.25, -0.2) is 14.5 Å². The largest absolute Gasteiger partial charge is 0.476 e. The molecule has 98 valence electrons. The van der Waals surface area contributed by atoms with Crippen LogP contribution in [0.4, 0.5) is 0 Å². The van der Waals surface area contributed by atoms with E-state index < -0.39 is 5.97 Å². The van der Waals surface area contributed by atoms with Gasteiger partial charge in [0, 0.05) is 23.9 Å². The molecule has 0 spiro atoms. The van der Waals surface area contributed by atoms with Crippen LogP contribution < -0.4 is 0 Å². The molecule has 2 atom stereocenters. The first-order valence-electron chi connectivity index (χ1n) is 6.19. The number of hydroxylamine groups is 2. The van der Waals surface area contributed by atoms with E-state index in [0.717, 1.165) is 29.2 Å². The van der Waals surface area contributed by atoms with Crippen molar-refractivity contribution < 1.29 is 15.1 Å². The Balaban J connectivity index is 1.85. The molecule has 1 aromatic rings. The molecule has 4 rings (SSSR count). The maximum Gasteiger partial charge on any atom is 0.356 e. The summed E-state index contributed by atoms with van der Waals surface area (Å²) in [7, 11) is 0. The van der Waals surface area contributed by atoms with Gasteiger partial charge in [-0.15, -0.1) is 0 Å². The van der Waals surface area contributed by atoms with E-state index in [9.17, 15) is 15.1 Å². The number of fused-ring (bicyclic) bond motifs is 3. The number of hydrogen-bond acceptors (Lipinski definition) is 5. The van der Waals surface area contributed by atoms with Gasteiger partial charge in [0.1, 0.15) is 6.54 Å². The summed E-state index contributed by atoms with van der Waals surface area (Å²) in [5.41, 5.74) is 1.95. The summed E-state index contributed by atoms with van der Waals surface area (Å²) in [6, 6.07) is 0. The Morgan fingerprint density at radius 3 is 3.05 bits per heavy atom. The molecule has 7 nitrogen and oxygen atoms in total. The van der Waals surface area contributed by atoms with Crippen LogP contribution in [0.3, 0.4) is 0 Å². The highest BCUT2D eigenvalue weighted by Gasteiger charge is 2.50. The van der Waals surface area contributed by atoms with Crippen LogP contribution in [0.2, 0.25) is 0 Å². The SMILES string of the molecule is O=C(O)c1nn(C2=NC=CN(O)C2)c2c1C[C@@H]1C[C@H]21. The van der Waals surface area contributed by atoms with E-state index in [0.29, 0.717) is 17.7 Å². The van der Waals surface area contributed by atoms with Crippen LogP contribution in [-0.2, 0) is 6.42 Å². The molecule has 3 aliphatic rings. The topological polar surface area (TPSA) is 90.9 Å². The fourth-order valence-electron chi connectivity index (χ4n) is 3.04. The van der Waals surface area contributed by atoms with Gasteiger partial charge in [-0.05, 0) is 18.8 Å². The fourth-order valence-corrected chi connectivity index (χ4v) is 3.04. The first kappa shape index (κ1) is 10.7. The number of aliphatic imine (C=N–C) groups is 1. The first-order valence-corrected chi connectivity index (χ1v) is 6.19. The fraction of sp³-hybridized carbons (Fsp3) is 0.417. The highest BCUT2D eigenvalue weighted by Crippen LogP contribution is 2.56. The van der Waals surface area contributed by atoms with Gasteiger partial charge in [-0.1, -0.05) is 0 Å². The molecule has 1 fully saturated rings. The van der Waals surface area contributed by atoms with Crippen molar-refractivity contribution in [3.05, 3.63) is 29.4 Å². The van der Waals surface area contributed by atoms with Crippen molar-refractivity contribution in [3.8, 4) is 0 Å². The van der Waals surface area contributed by atoms with Gasteiger partial charge >= 0.3 is 5.97 Å². The zero-order valence-corrected chi connectivity index (χ0v) is 10.0. The normalized spacial score (nSPS) is 27.0. The Morgan fingerprint density at radius 2 is 2.32 bits per heavy atom. The predicted octanol–water partition coefficient (Wildman–Crippen LogP) is 0.663. The van der Waals surface area contributed by atoms with Gasteiger partial charge < -0.3 is 5.11 Å². The summed E-state index contributed by atoms with van der Waals surface area (Å²) in [5.74, 6) is 0.545. The third-order valence-corrected chi connectivity index (χ3v) is 3.98. The van der Waals surface area contributed by atoms with Crippen LogP contribution in [0.25, 0.3) is 0 Å². The van der Waals surface area contributed by atoms with Crippen LogP contribution in [0, 0.1) is 5.92 Å². The molecule has 19 heavy (non-hydrogen) atoms. The monoisotopic (exact) mass is 260 g/mol. The van der Waals surface area contributed by atoms with Gasteiger partial charge in [-0.2, -0.15) is 5.10 Å². The summed E-state index contributed by atoms with van der Waals surface area (Å²) in [6.07, 6.45) is 4.83. The van der Waals surface area contributed by atoms with E-state index in [2.05, 4.69) is 10.1 Å². The van der Waals surface area contributed by atoms with Crippen molar-refractivity contribution in [2.45, 2.75) is 18.8 Å². The second-order valence-corrected chi connectivity index (χ2v) is 5.18. The quantitative estimate of drug-likeness (QED) is 0.774. The van der Waals surface area contributed by atoms with Gasteiger partial charge in [0.15, 0.2) is 11.5 Å². The smallest absolute Gasteiger partial charge is 0.356 e. The lowest BCUT2D eigenvalue weighted by molar-refractivity contribution is -0.0271. The van der Waals surface area contributed by atoms with Crippen molar-refractivity contribution in [1.82, 2.24) is 14.8 Å². The van der Waals surface area contributed by atoms with Gasteiger partial charge in [0.2, 0.25) is 0 Å². The van der Waals surface area contributed by atoms with E-state index in [1.54, 1.807) is 4.68 Å². The van der Waals surface area contributed by atoms with Gasteiger partial charge in [0.05, 0.1) is 5.69 Å². The molecule has 1 saturated carbocycles. The molecule has 7 heteroatoms. The maximum absolute atomic E-state index is 11.3. The summed E-state index contributed by atoms with van der Waals surface area (Å²) in [5, 5.41) is 23.9. The number of aromatic nitrogens is 2. The van der Waals surface area contributed by atoms with Crippen LogP contribution in [0.5, 0.6) is 0 Å². The molecule has 0 aromatic carbocycles. The number of carboxylic acids is 1. The number of carboxylic acid groups (broad SMARTS) is 1. The number of aromatic carboxylic acids is 1. The van der Waals surface area contributed by atoms with E-state index in [1.807, 2.05) is 0 Å². The molecule has 1 aliphatic heterocycles. The molecular weight excluding hydrogens is 248 g/mol. The Labute approximate surface area is 108 Å². The summed E-state index contributed by atoms with van der Waals surface area (Å²) in [4.78, 5) is 15.4. The minimum absolute atomic E-state index is 0.129. The summed E-state index contributed by atoms with van der Waals surface area (Å²) in [6.45, 7) is 0.209. The van der Waals surface area contributed by atoms with Crippen molar-refractivity contribution in [2.75, 3.05) is 6.54 Å². The van der Waals surface area contributed by atoms with Crippen molar-refractivity contribution in [3.63, 3.8) is 0 Å². The van der Waals surface area contributed by atoms with Gasteiger partial charge in [0.25, 0.3) is 0 Å².